The number of carbonyl (C=O) groups is 3. The molecule has 6 atom stereocenters. The molecule has 3 saturated heterocycles. The number of alkyl halides is 2. The van der Waals surface area contributed by atoms with Gasteiger partial charge in [-0.25, -0.2) is 8.78 Å². The van der Waals surface area contributed by atoms with Crippen LogP contribution in [0, 0.1) is 23.2 Å². The zero-order chi connectivity index (χ0) is 24.6. The van der Waals surface area contributed by atoms with E-state index in [1.54, 1.807) is 12.1 Å². The summed E-state index contributed by atoms with van der Waals surface area (Å²) < 4.78 is 29.6. The van der Waals surface area contributed by atoms with E-state index in [1.165, 1.54) is 12.1 Å². The molecule has 2 bridgehead atoms. The van der Waals surface area contributed by atoms with Gasteiger partial charge in [-0.2, -0.15) is 5.26 Å². The molecule has 0 aromatic heterocycles. The van der Waals surface area contributed by atoms with Crippen LogP contribution in [0.15, 0.2) is 24.3 Å². The fraction of sp³-hybridized carbons (Fsp3) is 0.565. The molecule has 4 fully saturated rings. The maximum atomic E-state index is 14.8. The van der Waals surface area contributed by atoms with Crippen molar-refractivity contribution in [3.63, 3.8) is 0 Å². The third kappa shape index (κ3) is 4.59. The first-order chi connectivity index (χ1) is 16.1. The highest BCUT2D eigenvalue weighted by Crippen LogP contribution is 2.49. The van der Waals surface area contributed by atoms with Gasteiger partial charge in [-0.3, -0.25) is 14.4 Å². The topological polar surface area (TPSA) is 123 Å². The number of nitriles is 1. The van der Waals surface area contributed by atoms with Gasteiger partial charge < -0.3 is 20.6 Å². The normalized spacial score (nSPS) is 29.1. The second kappa shape index (κ2) is 9.47. The smallest absolute Gasteiger partial charge is 0.256 e. The maximum absolute atomic E-state index is 14.8. The van der Waals surface area contributed by atoms with Gasteiger partial charge in [-0.1, -0.05) is 23.7 Å². The van der Waals surface area contributed by atoms with Crippen molar-refractivity contribution >= 4 is 29.3 Å². The number of fused-ring (bicyclic) bond motifs is 3. The zero-order valence-electron chi connectivity index (χ0n) is 18.2. The Morgan fingerprint density at radius 1 is 1.35 bits per heavy atom. The van der Waals surface area contributed by atoms with Crippen molar-refractivity contribution in [2.45, 2.75) is 62.3 Å². The van der Waals surface area contributed by atoms with E-state index in [9.17, 15) is 33.5 Å². The van der Waals surface area contributed by atoms with Gasteiger partial charge in [0.05, 0.1) is 12.0 Å². The van der Waals surface area contributed by atoms with Crippen LogP contribution in [-0.4, -0.2) is 58.3 Å². The van der Waals surface area contributed by atoms with Crippen LogP contribution < -0.4 is 10.6 Å². The van der Waals surface area contributed by atoms with Gasteiger partial charge in [-0.15, -0.1) is 0 Å². The number of halogens is 3. The van der Waals surface area contributed by atoms with Crippen LogP contribution in [-0.2, 0) is 14.4 Å². The van der Waals surface area contributed by atoms with Gasteiger partial charge in [0, 0.05) is 29.9 Å². The Morgan fingerprint density at radius 3 is 2.74 bits per heavy atom. The van der Waals surface area contributed by atoms with Crippen molar-refractivity contribution in [1.82, 2.24) is 15.5 Å². The van der Waals surface area contributed by atoms with E-state index < -0.39 is 60.2 Å². The Hall–Kier alpha value is -2.77. The maximum Gasteiger partial charge on any atom is 0.256 e. The van der Waals surface area contributed by atoms with Crippen LogP contribution in [0.3, 0.4) is 0 Å². The number of hydrogen-bond acceptors (Lipinski definition) is 5. The largest absolute Gasteiger partial charge is 0.378 e. The molecule has 4 aliphatic rings. The summed E-state index contributed by atoms with van der Waals surface area (Å²) in [5.74, 6) is -7.05. The van der Waals surface area contributed by atoms with Crippen molar-refractivity contribution in [3.8, 4) is 6.07 Å². The predicted molar refractivity (Wildman–Crippen MR) is 116 cm³/mol. The standard InChI is InChI=1S/C23H25ClF2N4O4/c24-14-3-1-2-12(8-14)19(31)22(34)30-16-4-5-17(23(25,26)10-16)18(30)21(33)29-15(11-27)9-13-6-7-28-20(13)32/h1-3,8,13,15-19,31H,4-7,9-10H2,(H,28,32)(H,29,33)/t13-,15-,16-,17-,18+,19-/m1/s1. The average molecular weight is 495 g/mol. The summed E-state index contributed by atoms with van der Waals surface area (Å²) in [6, 6.07) is 4.35. The number of nitrogens with one attached hydrogen (secondary N) is 2. The summed E-state index contributed by atoms with van der Waals surface area (Å²) in [6.07, 6.45) is -1.41. The molecule has 0 unspecified atom stereocenters. The van der Waals surface area contributed by atoms with Crippen LogP contribution in [0.1, 0.15) is 43.8 Å². The fourth-order valence-corrected chi connectivity index (χ4v) is 5.54. The highest BCUT2D eigenvalue weighted by molar-refractivity contribution is 6.30. The molecule has 8 nitrogen and oxygen atoms in total. The number of aliphatic hydroxyl groups is 1. The number of piperidine rings is 2. The molecule has 1 aliphatic carbocycles. The van der Waals surface area contributed by atoms with E-state index in [1.807, 2.05) is 6.07 Å². The molecular formula is C23H25ClF2N4O4. The third-order valence-corrected chi connectivity index (χ3v) is 7.25. The molecule has 182 valence electrons. The molecule has 3 N–H and O–H groups in total. The molecule has 1 saturated carbocycles. The molecule has 0 radical (unpaired) electrons. The second-order valence-electron chi connectivity index (χ2n) is 9.15. The van der Waals surface area contributed by atoms with Crippen LogP contribution in [0.2, 0.25) is 5.02 Å². The summed E-state index contributed by atoms with van der Waals surface area (Å²) in [5.41, 5.74) is 0.187. The highest BCUT2D eigenvalue weighted by atomic mass is 35.5. The van der Waals surface area contributed by atoms with Gasteiger partial charge in [0.1, 0.15) is 12.1 Å². The molecule has 1 aromatic rings. The van der Waals surface area contributed by atoms with E-state index in [0.29, 0.717) is 13.0 Å². The molecule has 5 rings (SSSR count). The van der Waals surface area contributed by atoms with E-state index >= 15 is 0 Å². The van der Waals surface area contributed by atoms with Crippen molar-refractivity contribution in [2.24, 2.45) is 11.8 Å². The van der Waals surface area contributed by atoms with Gasteiger partial charge in [-0.05, 0) is 43.4 Å². The Bertz CT molecular complexity index is 1030. The zero-order valence-corrected chi connectivity index (χ0v) is 19.0. The van der Waals surface area contributed by atoms with Crippen molar-refractivity contribution in [3.05, 3.63) is 34.9 Å². The monoisotopic (exact) mass is 494 g/mol. The number of aliphatic hydroxyl groups excluding tert-OH is 1. The minimum Gasteiger partial charge on any atom is -0.378 e. The van der Waals surface area contributed by atoms with Crippen molar-refractivity contribution in [2.75, 3.05) is 6.54 Å². The number of rotatable bonds is 6. The van der Waals surface area contributed by atoms with E-state index in [4.69, 9.17) is 11.6 Å². The predicted octanol–water partition coefficient (Wildman–Crippen LogP) is 1.92. The quantitative estimate of drug-likeness (QED) is 0.557. The first kappa shape index (κ1) is 24.4. The van der Waals surface area contributed by atoms with Gasteiger partial charge >= 0.3 is 0 Å². The fourth-order valence-electron chi connectivity index (χ4n) is 5.34. The van der Waals surface area contributed by atoms with E-state index in [-0.39, 0.29) is 35.8 Å². The average Bonchev–Trinajstić information content (AvgIpc) is 3.20. The molecule has 3 amide bonds. The minimum atomic E-state index is -3.17. The lowest BCUT2D eigenvalue weighted by Gasteiger charge is -2.54. The summed E-state index contributed by atoms with van der Waals surface area (Å²) in [5, 5.41) is 25.6. The van der Waals surface area contributed by atoms with Crippen molar-refractivity contribution < 1.29 is 28.3 Å². The van der Waals surface area contributed by atoms with Gasteiger partial charge in [0.15, 0.2) is 6.10 Å². The molecule has 3 aliphatic heterocycles. The molecule has 11 heteroatoms. The highest BCUT2D eigenvalue weighted by Gasteiger charge is 2.61. The molecule has 1 aromatic carbocycles. The summed E-state index contributed by atoms with van der Waals surface area (Å²) in [6.45, 7) is 0.470. The molecule has 34 heavy (non-hydrogen) atoms. The number of nitrogens with zero attached hydrogens (tertiary/aromatic N) is 2. The van der Waals surface area contributed by atoms with Crippen LogP contribution in [0.5, 0.6) is 0 Å². The molecule has 0 spiro atoms. The summed E-state index contributed by atoms with van der Waals surface area (Å²) >= 11 is 5.95. The molecular weight excluding hydrogens is 470 g/mol. The number of amides is 3. The van der Waals surface area contributed by atoms with E-state index in [2.05, 4.69) is 10.6 Å². The summed E-state index contributed by atoms with van der Waals surface area (Å²) in [7, 11) is 0. The van der Waals surface area contributed by atoms with Crippen molar-refractivity contribution in [1.29, 1.82) is 5.26 Å². The van der Waals surface area contributed by atoms with E-state index in [0.717, 1.165) is 4.90 Å². The van der Waals surface area contributed by atoms with Crippen LogP contribution in [0.4, 0.5) is 8.78 Å². The minimum absolute atomic E-state index is 0.0368. The Labute approximate surface area is 200 Å². The Balaban J connectivity index is 1.58. The van der Waals surface area contributed by atoms with Gasteiger partial charge in [0.2, 0.25) is 11.8 Å². The molecule has 3 heterocycles. The first-order valence-corrected chi connectivity index (χ1v) is 11.6. The van der Waals surface area contributed by atoms with Gasteiger partial charge in [0.25, 0.3) is 11.8 Å². The number of benzene rings is 1. The summed E-state index contributed by atoms with van der Waals surface area (Å²) in [4.78, 5) is 39.4. The lowest BCUT2D eigenvalue weighted by atomic mass is 9.71. The number of carbonyl (C=O) groups excluding carboxylic acids is 3. The van der Waals surface area contributed by atoms with Crippen LogP contribution >= 0.6 is 11.6 Å². The third-order valence-electron chi connectivity index (χ3n) is 7.01. The Morgan fingerprint density at radius 2 is 2.12 bits per heavy atom. The second-order valence-corrected chi connectivity index (χ2v) is 9.59. The number of hydrogen-bond donors (Lipinski definition) is 3. The SMILES string of the molecule is N#C[C@@H](C[C@H]1CCNC1=O)NC(=O)[C@@H]1[C@H]2CC[C@H](CC2(F)F)N1C(=O)[C@H](O)c1cccc(Cl)c1. The first-order valence-electron chi connectivity index (χ1n) is 11.2. The lowest BCUT2D eigenvalue weighted by molar-refractivity contribution is -0.198. The Kier molecular flexibility index (Phi) is 6.78. The lowest BCUT2D eigenvalue weighted by Crippen LogP contribution is -2.69. The van der Waals surface area contributed by atoms with Crippen LogP contribution in [0.25, 0.3) is 0 Å².